The van der Waals surface area contributed by atoms with Crippen LogP contribution >= 0.6 is 0 Å². The van der Waals surface area contributed by atoms with E-state index in [1.165, 1.54) is 4.90 Å². The Hall–Kier alpha value is -2.41. The van der Waals surface area contributed by atoms with Crippen LogP contribution in [0.4, 0.5) is 4.79 Å². The fourth-order valence-electron chi connectivity index (χ4n) is 2.24. The zero-order valence-corrected chi connectivity index (χ0v) is 11.8. The van der Waals surface area contributed by atoms with Crippen molar-refractivity contribution in [1.82, 2.24) is 15.6 Å². The van der Waals surface area contributed by atoms with Gasteiger partial charge in [-0.2, -0.15) is 0 Å². The number of benzene rings is 1. The molecular weight excluding hydrogens is 272 g/mol. The molecule has 1 aromatic carbocycles. The van der Waals surface area contributed by atoms with Crippen molar-refractivity contribution >= 4 is 17.8 Å². The quantitative estimate of drug-likeness (QED) is 0.318. The van der Waals surface area contributed by atoms with Crippen LogP contribution < -0.4 is 16.6 Å². The van der Waals surface area contributed by atoms with Crippen LogP contribution in [0.3, 0.4) is 0 Å². The van der Waals surface area contributed by atoms with Crippen molar-refractivity contribution in [3.63, 3.8) is 0 Å². The number of urea groups is 1. The summed E-state index contributed by atoms with van der Waals surface area (Å²) in [6, 6.07) is 5.78. The van der Waals surface area contributed by atoms with Gasteiger partial charge in [0.2, 0.25) is 0 Å². The molecule has 1 aliphatic heterocycles. The molecule has 4 amide bonds. The Bertz CT molecular complexity index is 556. The van der Waals surface area contributed by atoms with Crippen molar-refractivity contribution in [3.05, 3.63) is 35.4 Å². The number of hydrazine groups is 1. The lowest BCUT2D eigenvalue weighted by Gasteiger charge is -2.13. The van der Waals surface area contributed by atoms with Crippen molar-refractivity contribution in [2.24, 2.45) is 5.84 Å². The van der Waals surface area contributed by atoms with Crippen LogP contribution in [0, 0.1) is 0 Å². The van der Waals surface area contributed by atoms with Crippen molar-refractivity contribution in [3.8, 4) is 0 Å². The predicted octanol–water partition coefficient (Wildman–Crippen LogP) is 0.511. The molecule has 1 heterocycles. The molecule has 0 bridgehead atoms. The maximum Gasteiger partial charge on any atom is 0.325 e. The Kier molecular flexibility index (Phi) is 4.54. The number of imide groups is 1. The zero-order valence-electron chi connectivity index (χ0n) is 11.8. The van der Waals surface area contributed by atoms with Crippen LogP contribution in [0.5, 0.6) is 0 Å². The molecule has 4 N–H and O–H groups in total. The van der Waals surface area contributed by atoms with Gasteiger partial charge in [0.1, 0.15) is 6.04 Å². The van der Waals surface area contributed by atoms with E-state index < -0.39 is 6.04 Å². The molecule has 0 aromatic heterocycles. The van der Waals surface area contributed by atoms with Gasteiger partial charge in [-0.1, -0.05) is 25.5 Å². The molecule has 0 radical (unpaired) electrons. The molecular formula is C14H18N4O3. The van der Waals surface area contributed by atoms with E-state index in [1.54, 1.807) is 24.3 Å². The maximum atomic E-state index is 12.1. The Morgan fingerprint density at radius 1 is 1.33 bits per heavy atom. The lowest BCUT2D eigenvalue weighted by atomic mass is 10.1. The lowest BCUT2D eigenvalue weighted by molar-refractivity contribution is -0.128. The van der Waals surface area contributed by atoms with Crippen LogP contribution in [0.25, 0.3) is 0 Å². The number of nitrogens with one attached hydrogen (secondary N) is 2. The summed E-state index contributed by atoms with van der Waals surface area (Å²) in [5.41, 5.74) is 3.23. The van der Waals surface area contributed by atoms with Gasteiger partial charge in [-0.3, -0.25) is 19.9 Å². The summed E-state index contributed by atoms with van der Waals surface area (Å²) in [4.78, 5) is 36.4. The fraction of sp³-hybridized carbons (Fsp3) is 0.357. The summed E-state index contributed by atoms with van der Waals surface area (Å²) in [6.07, 6.45) is 1.46. The first-order valence-corrected chi connectivity index (χ1v) is 6.78. The normalized spacial score (nSPS) is 17.8. The first-order chi connectivity index (χ1) is 10.1. The Balaban J connectivity index is 2.06. The fourth-order valence-corrected chi connectivity index (χ4v) is 2.24. The third kappa shape index (κ3) is 3.19. The van der Waals surface area contributed by atoms with Gasteiger partial charge in [-0.25, -0.2) is 10.6 Å². The van der Waals surface area contributed by atoms with E-state index >= 15 is 0 Å². The molecule has 21 heavy (non-hydrogen) atoms. The SMILES string of the molecule is CCCC1NC(=O)N(Cc2ccc(C(=O)NN)cc2)C1=O. The highest BCUT2D eigenvalue weighted by atomic mass is 16.2. The minimum Gasteiger partial charge on any atom is -0.326 e. The van der Waals surface area contributed by atoms with Crippen molar-refractivity contribution in [2.45, 2.75) is 32.4 Å². The number of amides is 4. The molecule has 0 aliphatic carbocycles. The molecule has 112 valence electrons. The van der Waals surface area contributed by atoms with E-state index in [1.807, 2.05) is 12.3 Å². The van der Waals surface area contributed by atoms with Gasteiger partial charge in [0.05, 0.1) is 6.54 Å². The number of hydrogen-bond donors (Lipinski definition) is 3. The standard InChI is InChI=1S/C14H18N4O3/c1-2-3-11-13(20)18(14(21)16-11)8-9-4-6-10(7-5-9)12(19)17-15/h4-7,11H,2-3,8,15H2,1H3,(H,16,21)(H,17,19). The van der Waals surface area contributed by atoms with Gasteiger partial charge >= 0.3 is 6.03 Å². The smallest absolute Gasteiger partial charge is 0.325 e. The van der Waals surface area contributed by atoms with E-state index in [2.05, 4.69) is 5.32 Å². The summed E-state index contributed by atoms with van der Waals surface area (Å²) < 4.78 is 0. The maximum absolute atomic E-state index is 12.1. The molecule has 0 saturated carbocycles. The summed E-state index contributed by atoms with van der Waals surface area (Å²) in [7, 11) is 0. The lowest BCUT2D eigenvalue weighted by Crippen LogP contribution is -2.31. The largest absolute Gasteiger partial charge is 0.326 e. The molecule has 7 nitrogen and oxygen atoms in total. The van der Waals surface area contributed by atoms with Gasteiger partial charge in [0, 0.05) is 5.56 Å². The average molecular weight is 290 g/mol. The monoisotopic (exact) mass is 290 g/mol. The predicted molar refractivity (Wildman–Crippen MR) is 75.9 cm³/mol. The van der Waals surface area contributed by atoms with Gasteiger partial charge < -0.3 is 5.32 Å². The van der Waals surface area contributed by atoms with Gasteiger partial charge in [-0.15, -0.1) is 0 Å². The molecule has 0 spiro atoms. The minimum atomic E-state index is -0.426. The van der Waals surface area contributed by atoms with Crippen LogP contribution in [-0.4, -0.2) is 28.8 Å². The molecule has 2 rings (SSSR count). The van der Waals surface area contributed by atoms with Crippen molar-refractivity contribution < 1.29 is 14.4 Å². The van der Waals surface area contributed by atoms with Crippen LogP contribution in [0.2, 0.25) is 0 Å². The number of hydrogen-bond acceptors (Lipinski definition) is 4. The van der Waals surface area contributed by atoms with Gasteiger partial charge in [0.25, 0.3) is 11.8 Å². The number of nitrogens with zero attached hydrogens (tertiary/aromatic N) is 1. The Morgan fingerprint density at radius 3 is 2.57 bits per heavy atom. The van der Waals surface area contributed by atoms with Crippen molar-refractivity contribution in [1.29, 1.82) is 0 Å². The summed E-state index contributed by atoms with van der Waals surface area (Å²) in [5.74, 6) is 4.46. The second kappa shape index (κ2) is 6.36. The van der Waals surface area contributed by atoms with Crippen LogP contribution in [-0.2, 0) is 11.3 Å². The van der Waals surface area contributed by atoms with Gasteiger partial charge in [-0.05, 0) is 24.1 Å². The summed E-state index contributed by atoms with van der Waals surface area (Å²) in [5, 5.41) is 2.67. The average Bonchev–Trinajstić information content (AvgIpc) is 2.75. The highest BCUT2D eigenvalue weighted by Crippen LogP contribution is 2.15. The molecule has 1 atom stereocenters. The van der Waals surface area contributed by atoms with E-state index in [-0.39, 0.29) is 24.4 Å². The third-order valence-electron chi connectivity index (χ3n) is 3.37. The van der Waals surface area contributed by atoms with Crippen LogP contribution in [0.1, 0.15) is 35.7 Å². The number of carbonyl (C=O) groups is 3. The molecule has 1 aromatic rings. The summed E-state index contributed by atoms with van der Waals surface area (Å²) >= 11 is 0. The van der Waals surface area contributed by atoms with Crippen molar-refractivity contribution in [2.75, 3.05) is 0 Å². The van der Waals surface area contributed by atoms with E-state index in [4.69, 9.17) is 5.84 Å². The van der Waals surface area contributed by atoms with Gasteiger partial charge in [0.15, 0.2) is 0 Å². The Labute approximate surface area is 122 Å². The highest BCUT2D eigenvalue weighted by molar-refractivity contribution is 6.04. The summed E-state index contributed by atoms with van der Waals surface area (Å²) in [6.45, 7) is 2.15. The number of rotatable bonds is 5. The molecule has 1 aliphatic rings. The molecule has 1 unspecified atom stereocenters. The molecule has 7 heteroatoms. The van der Waals surface area contributed by atoms with E-state index in [9.17, 15) is 14.4 Å². The first-order valence-electron chi connectivity index (χ1n) is 6.78. The highest BCUT2D eigenvalue weighted by Gasteiger charge is 2.36. The second-order valence-electron chi connectivity index (χ2n) is 4.89. The van der Waals surface area contributed by atoms with E-state index in [0.29, 0.717) is 12.0 Å². The number of nitrogen functional groups attached to an aromatic ring is 1. The second-order valence-corrected chi connectivity index (χ2v) is 4.89. The molecule has 1 fully saturated rings. The third-order valence-corrected chi connectivity index (χ3v) is 3.37. The number of nitrogens with two attached hydrogens (primary N) is 1. The number of carbonyl (C=O) groups excluding carboxylic acids is 3. The Morgan fingerprint density at radius 2 is 2.00 bits per heavy atom. The topological polar surface area (TPSA) is 105 Å². The zero-order chi connectivity index (χ0) is 15.4. The van der Waals surface area contributed by atoms with E-state index in [0.717, 1.165) is 12.0 Å². The first kappa shape index (κ1) is 15.0. The van der Waals surface area contributed by atoms with Crippen LogP contribution in [0.15, 0.2) is 24.3 Å². The molecule has 1 saturated heterocycles. The minimum absolute atomic E-state index is 0.190.